The van der Waals surface area contributed by atoms with Crippen LogP contribution < -0.4 is 0 Å². The van der Waals surface area contributed by atoms with Crippen molar-refractivity contribution in [3.05, 3.63) is 60.3 Å². The summed E-state index contributed by atoms with van der Waals surface area (Å²) in [5.74, 6) is -0.777. The Hall–Kier alpha value is -3.13. The molecule has 0 bridgehead atoms. The molecule has 0 unspecified atom stereocenters. The van der Waals surface area contributed by atoms with Gasteiger partial charge in [0, 0.05) is 6.61 Å². The molecule has 8 nitrogen and oxygen atoms in total. The van der Waals surface area contributed by atoms with Crippen LogP contribution in [0.1, 0.15) is 75.2 Å². The second-order valence-corrected chi connectivity index (χ2v) is 11.9. The third kappa shape index (κ3) is 12.1. The van der Waals surface area contributed by atoms with Gasteiger partial charge >= 0.3 is 18.2 Å². The number of allylic oxidation sites excluding steroid dienone is 8. The predicted molar refractivity (Wildman–Crippen MR) is 153 cm³/mol. The van der Waals surface area contributed by atoms with Gasteiger partial charge in [-0.25, -0.2) is 14.4 Å². The first-order valence-electron chi connectivity index (χ1n) is 13.3. The number of hydrogen-bond acceptors (Lipinski definition) is 7. The summed E-state index contributed by atoms with van der Waals surface area (Å²) in [7, 11) is 0. The number of carbonyl (C=O) groups excluding carboxylic acids is 3. The molecule has 0 aromatic carbocycles. The summed E-state index contributed by atoms with van der Waals surface area (Å²) >= 11 is 0. The van der Waals surface area contributed by atoms with E-state index < -0.39 is 41.5 Å². The summed E-state index contributed by atoms with van der Waals surface area (Å²) in [6.45, 7) is 23.5. The van der Waals surface area contributed by atoms with E-state index >= 15 is 0 Å². The third-order valence-electron chi connectivity index (χ3n) is 5.49. The number of hydrogen-bond donors (Lipinski definition) is 0. The third-order valence-corrected chi connectivity index (χ3v) is 5.49. The molecule has 0 saturated carbocycles. The van der Waals surface area contributed by atoms with Crippen LogP contribution in [0, 0.1) is 5.92 Å². The monoisotopic (exact) mass is 545 g/mol. The van der Waals surface area contributed by atoms with Crippen molar-refractivity contribution in [3.8, 4) is 0 Å². The van der Waals surface area contributed by atoms with Crippen molar-refractivity contribution in [2.75, 3.05) is 13.2 Å². The molecule has 0 aliphatic carbocycles. The lowest BCUT2D eigenvalue weighted by molar-refractivity contribution is -0.155. The van der Waals surface area contributed by atoms with Crippen LogP contribution in [0.2, 0.25) is 0 Å². The fourth-order valence-electron chi connectivity index (χ4n) is 4.03. The molecular formula is C31H47NO7. The van der Waals surface area contributed by atoms with E-state index in [1.165, 1.54) is 0 Å². The molecule has 1 rings (SSSR count). The summed E-state index contributed by atoms with van der Waals surface area (Å²) in [4.78, 5) is 40.1. The quantitative estimate of drug-likeness (QED) is 0.192. The van der Waals surface area contributed by atoms with Crippen molar-refractivity contribution >= 4 is 18.2 Å². The molecule has 1 fully saturated rings. The van der Waals surface area contributed by atoms with Crippen molar-refractivity contribution in [1.29, 1.82) is 0 Å². The maximum absolute atomic E-state index is 13.2. The summed E-state index contributed by atoms with van der Waals surface area (Å²) < 4.78 is 22.6. The SMILES string of the molecule is C=C/C=C\C(=C(C)C)/C(=C\C=C)C[C@H]1COC[C@H](N(C(=O)OC(C)(C)C)C(=O)OC(C)(C)C)C(=O)O[C@@H](C)C1. The van der Waals surface area contributed by atoms with E-state index in [9.17, 15) is 14.4 Å². The zero-order valence-corrected chi connectivity index (χ0v) is 25.2. The first-order valence-corrected chi connectivity index (χ1v) is 13.3. The number of nitrogens with zero attached hydrogens (tertiary/aromatic N) is 1. The van der Waals surface area contributed by atoms with Gasteiger partial charge in [-0.1, -0.05) is 49.1 Å². The molecule has 0 aromatic heterocycles. The van der Waals surface area contributed by atoms with E-state index in [0.717, 1.165) is 16.7 Å². The highest BCUT2D eigenvalue weighted by Crippen LogP contribution is 2.29. The Morgan fingerprint density at radius 3 is 2.03 bits per heavy atom. The normalized spacial score (nSPS) is 21.1. The van der Waals surface area contributed by atoms with E-state index in [0.29, 0.717) is 17.7 Å². The lowest BCUT2D eigenvalue weighted by atomic mass is 9.88. The zero-order chi connectivity index (χ0) is 30.0. The van der Waals surface area contributed by atoms with Crippen molar-refractivity contribution < 1.29 is 33.3 Å². The van der Waals surface area contributed by atoms with Crippen LogP contribution in [0.25, 0.3) is 0 Å². The van der Waals surface area contributed by atoms with Gasteiger partial charge in [-0.05, 0) is 92.2 Å². The van der Waals surface area contributed by atoms with Gasteiger partial charge in [-0.15, -0.1) is 0 Å². The molecule has 1 aliphatic heterocycles. The number of ether oxygens (including phenoxy) is 4. The number of amides is 2. The molecule has 0 aromatic rings. The zero-order valence-electron chi connectivity index (χ0n) is 25.2. The van der Waals surface area contributed by atoms with E-state index in [1.807, 2.05) is 32.1 Å². The fraction of sp³-hybridized carbons (Fsp3) is 0.581. The summed E-state index contributed by atoms with van der Waals surface area (Å²) in [6, 6.07) is -1.37. The van der Waals surface area contributed by atoms with E-state index in [1.54, 1.807) is 60.6 Å². The van der Waals surface area contributed by atoms with E-state index in [-0.39, 0.29) is 19.1 Å². The lowest BCUT2D eigenvalue weighted by Crippen LogP contribution is -2.54. The van der Waals surface area contributed by atoms with Crippen molar-refractivity contribution in [1.82, 2.24) is 4.90 Å². The van der Waals surface area contributed by atoms with Crippen LogP contribution in [0.3, 0.4) is 0 Å². The minimum absolute atomic E-state index is 0.0132. The minimum Gasteiger partial charge on any atom is -0.461 e. The Morgan fingerprint density at radius 2 is 1.56 bits per heavy atom. The molecule has 218 valence electrons. The molecule has 1 heterocycles. The molecule has 8 heteroatoms. The number of esters is 1. The van der Waals surface area contributed by atoms with E-state index in [4.69, 9.17) is 18.9 Å². The number of carbonyl (C=O) groups is 3. The van der Waals surface area contributed by atoms with Crippen LogP contribution in [-0.2, 0) is 23.7 Å². The minimum atomic E-state index is -1.37. The Kier molecular flexibility index (Phi) is 12.9. The van der Waals surface area contributed by atoms with Gasteiger partial charge in [0.2, 0.25) is 0 Å². The van der Waals surface area contributed by atoms with E-state index in [2.05, 4.69) is 13.2 Å². The van der Waals surface area contributed by atoms with Gasteiger partial charge in [0.05, 0.1) is 12.7 Å². The van der Waals surface area contributed by atoms with Gasteiger partial charge < -0.3 is 18.9 Å². The van der Waals surface area contributed by atoms with Crippen molar-refractivity contribution in [2.45, 2.75) is 98.5 Å². The maximum Gasteiger partial charge on any atom is 0.420 e. The number of imide groups is 1. The molecule has 2 amide bonds. The fourth-order valence-corrected chi connectivity index (χ4v) is 4.03. The second kappa shape index (κ2) is 14.9. The van der Waals surface area contributed by atoms with Crippen LogP contribution in [0.4, 0.5) is 9.59 Å². The summed E-state index contributed by atoms with van der Waals surface area (Å²) in [5, 5.41) is 0. The molecule has 0 radical (unpaired) electrons. The van der Waals surface area contributed by atoms with Crippen molar-refractivity contribution in [2.24, 2.45) is 5.92 Å². The molecule has 39 heavy (non-hydrogen) atoms. The van der Waals surface area contributed by atoms with Gasteiger partial charge in [0.1, 0.15) is 11.2 Å². The van der Waals surface area contributed by atoms with Crippen LogP contribution in [0.15, 0.2) is 60.3 Å². The predicted octanol–water partition coefficient (Wildman–Crippen LogP) is 7.08. The molecule has 0 N–H and O–H groups in total. The van der Waals surface area contributed by atoms with Crippen LogP contribution >= 0.6 is 0 Å². The summed E-state index contributed by atoms with van der Waals surface area (Å²) in [6.07, 6.45) is 7.98. The van der Waals surface area contributed by atoms with Gasteiger partial charge in [0.25, 0.3) is 0 Å². The largest absolute Gasteiger partial charge is 0.461 e. The molecule has 0 spiro atoms. The molecule has 1 saturated heterocycles. The van der Waals surface area contributed by atoms with Gasteiger partial charge in [-0.3, -0.25) is 0 Å². The van der Waals surface area contributed by atoms with Gasteiger partial charge in [-0.2, -0.15) is 4.90 Å². The standard InChI is InChI=1S/C31H47NO7/c1-12-14-16-25(21(3)4)24(15-13-2)18-23-17-22(5)37-27(33)26(20-36-19-23)32(28(34)38-30(6,7)8)29(35)39-31(9,10)11/h12-16,22-23,26H,1-2,17-20H2,3-11H3/b16-14-,24-15-/t22-,23-,26-/m0/s1. The maximum atomic E-state index is 13.2. The topological polar surface area (TPSA) is 91.4 Å². The van der Waals surface area contributed by atoms with Gasteiger partial charge in [0.15, 0.2) is 6.04 Å². The Morgan fingerprint density at radius 1 is 1.00 bits per heavy atom. The molecule has 3 atom stereocenters. The highest BCUT2D eigenvalue weighted by atomic mass is 16.6. The van der Waals surface area contributed by atoms with Crippen LogP contribution in [-0.4, -0.2) is 59.6 Å². The number of rotatable bonds is 7. The Bertz CT molecular complexity index is 959. The highest BCUT2D eigenvalue weighted by Gasteiger charge is 2.42. The second-order valence-electron chi connectivity index (χ2n) is 11.9. The van der Waals surface area contributed by atoms with Crippen LogP contribution in [0.5, 0.6) is 0 Å². The number of cyclic esters (lactones) is 1. The highest BCUT2D eigenvalue weighted by molar-refractivity contribution is 5.94. The smallest absolute Gasteiger partial charge is 0.420 e. The first kappa shape index (κ1) is 33.9. The Labute approximate surface area is 234 Å². The molecular weight excluding hydrogens is 498 g/mol. The lowest BCUT2D eigenvalue weighted by Gasteiger charge is -2.32. The molecule has 1 aliphatic rings. The average molecular weight is 546 g/mol. The Balaban J connectivity index is 3.31. The first-order chi connectivity index (χ1) is 18.0. The summed E-state index contributed by atoms with van der Waals surface area (Å²) in [5.41, 5.74) is 1.45. The average Bonchev–Trinajstić information content (AvgIpc) is 2.81. The van der Waals surface area contributed by atoms with Crippen molar-refractivity contribution in [3.63, 3.8) is 0 Å².